The van der Waals surface area contributed by atoms with E-state index in [1.807, 2.05) is 0 Å². The fourth-order valence-electron chi connectivity index (χ4n) is 1.60. The van der Waals surface area contributed by atoms with Crippen molar-refractivity contribution in [2.75, 3.05) is 0 Å². The average Bonchev–Trinajstić information content (AvgIpc) is 2.19. The van der Waals surface area contributed by atoms with Crippen molar-refractivity contribution in [1.82, 2.24) is 5.32 Å². The number of amides is 3. The highest BCUT2D eigenvalue weighted by Crippen LogP contribution is 2.23. The largest absolute Gasteiger partial charge is 0.359 e. The molecule has 1 N–H and O–H groups in total. The number of carbonyl (C=O) groups excluding carboxylic acids is 2. The van der Waals surface area contributed by atoms with Crippen LogP contribution in [0.5, 0.6) is 0 Å². The summed E-state index contributed by atoms with van der Waals surface area (Å²) in [6.07, 6.45) is 5.06. The predicted molar refractivity (Wildman–Crippen MR) is 49.9 cm³/mol. The monoisotopic (exact) mass is 200 g/mol. The molecule has 1 aliphatic rings. The molecule has 0 heterocycles. The van der Waals surface area contributed by atoms with Gasteiger partial charge in [0.25, 0.3) is 0 Å². The Morgan fingerprint density at radius 1 is 1.23 bits per heavy atom. The van der Waals surface area contributed by atoms with E-state index >= 15 is 0 Å². The van der Waals surface area contributed by atoms with Gasteiger partial charge in [0.2, 0.25) is 5.91 Å². The van der Waals surface area contributed by atoms with Crippen LogP contribution in [0.25, 0.3) is 0 Å². The van der Waals surface area contributed by atoms with Crippen molar-refractivity contribution in [3.8, 4) is 0 Å². The van der Waals surface area contributed by atoms with Gasteiger partial charge < -0.3 is 0 Å². The van der Waals surface area contributed by atoms with Crippen molar-refractivity contribution in [2.24, 2.45) is 10.3 Å². The Labute approximate surface area is 82.3 Å². The maximum absolute atomic E-state index is 11.3. The Hall–Kier alpha value is -0.840. The first kappa shape index (κ1) is 10.2. The van der Waals surface area contributed by atoms with Crippen molar-refractivity contribution in [2.45, 2.75) is 32.1 Å². The molecule has 0 atom stereocenters. The van der Waals surface area contributed by atoms with E-state index in [2.05, 4.69) is 22.1 Å². The molecule has 3 amide bonds. The van der Waals surface area contributed by atoms with Crippen molar-refractivity contribution < 1.29 is 9.59 Å². The van der Waals surface area contributed by atoms with Gasteiger partial charge in [-0.2, -0.15) is 0 Å². The van der Waals surface area contributed by atoms with Gasteiger partial charge in [-0.3, -0.25) is 10.1 Å². The van der Waals surface area contributed by atoms with Crippen LogP contribution < -0.4 is 5.32 Å². The van der Waals surface area contributed by atoms with Gasteiger partial charge in [-0.05, 0) is 12.8 Å². The maximum atomic E-state index is 11.3. The summed E-state index contributed by atoms with van der Waals surface area (Å²) in [7, 11) is 0. The van der Waals surface area contributed by atoms with Crippen molar-refractivity contribution in [3.05, 3.63) is 0 Å². The van der Waals surface area contributed by atoms with E-state index in [1.54, 1.807) is 0 Å². The normalized spacial score (nSPS) is 17.8. The smallest absolute Gasteiger partial charge is 0.275 e. The quantitative estimate of drug-likeness (QED) is 0.698. The van der Waals surface area contributed by atoms with E-state index in [-0.39, 0.29) is 11.8 Å². The molecule has 0 aliphatic heterocycles. The molecule has 0 radical (unpaired) electrons. The number of carbonyl (C=O) groups is 2. The highest BCUT2D eigenvalue weighted by Gasteiger charge is 2.22. The van der Waals surface area contributed by atoms with Crippen LogP contribution in [0, 0.1) is 5.92 Å². The zero-order valence-electron chi connectivity index (χ0n) is 7.28. The van der Waals surface area contributed by atoms with Crippen LogP contribution in [0.15, 0.2) is 4.36 Å². The van der Waals surface area contributed by atoms with Crippen LogP contribution in [-0.4, -0.2) is 11.9 Å². The summed E-state index contributed by atoms with van der Waals surface area (Å²) >= 11 is 4.16. The SMILES string of the molecule is O=C(N=S)NC(=O)C1CCCCC1. The van der Waals surface area contributed by atoms with E-state index in [9.17, 15) is 9.59 Å². The van der Waals surface area contributed by atoms with Crippen LogP contribution in [0.2, 0.25) is 0 Å². The zero-order chi connectivity index (χ0) is 9.68. The number of hydrogen-bond acceptors (Lipinski definition) is 3. The van der Waals surface area contributed by atoms with Gasteiger partial charge in [-0.1, -0.05) is 19.3 Å². The first-order valence-corrected chi connectivity index (χ1v) is 4.78. The molecule has 0 spiro atoms. The molecule has 72 valence electrons. The molecule has 0 aromatic heterocycles. The Morgan fingerprint density at radius 2 is 1.85 bits per heavy atom. The minimum Gasteiger partial charge on any atom is -0.275 e. The summed E-state index contributed by atoms with van der Waals surface area (Å²) in [6, 6.07) is -0.717. The summed E-state index contributed by atoms with van der Waals surface area (Å²) < 4.78 is 2.94. The molecule has 0 aromatic carbocycles. The second kappa shape index (κ2) is 5.01. The van der Waals surface area contributed by atoms with E-state index in [1.165, 1.54) is 6.42 Å². The number of rotatable bonds is 1. The van der Waals surface area contributed by atoms with Crippen molar-refractivity contribution in [3.63, 3.8) is 0 Å². The van der Waals surface area contributed by atoms with E-state index in [0.29, 0.717) is 0 Å². The van der Waals surface area contributed by atoms with Gasteiger partial charge in [0.05, 0.1) is 0 Å². The Bertz CT molecular complexity index is 224. The molecule has 0 aromatic rings. The van der Waals surface area contributed by atoms with E-state index in [0.717, 1.165) is 25.7 Å². The molecule has 13 heavy (non-hydrogen) atoms. The van der Waals surface area contributed by atoms with Gasteiger partial charge in [0.15, 0.2) is 0 Å². The molecule has 1 fully saturated rings. The maximum Gasteiger partial charge on any atom is 0.359 e. The standard InChI is InChI=1S/C8H12N2O2S/c11-7(9-8(12)10-13)6-4-2-1-3-5-6/h6H,1-5H2,(H,9,11,12). The van der Waals surface area contributed by atoms with Gasteiger partial charge in [-0.25, -0.2) is 4.79 Å². The lowest BCUT2D eigenvalue weighted by Crippen LogP contribution is -2.34. The molecule has 0 bridgehead atoms. The number of urea groups is 1. The average molecular weight is 200 g/mol. The minimum atomic E-state index is -0.717. The third kappa shape index (κ3) is 3.18. The molecule has 0 saturated heterocycles. The number of hydrogen-bond donors (Lipinski definition) is 1. The molecule has 4 nitrogen and oxygen atoms in total. The number of nitrogens with one attached hydrogen (secondary N) is 1. The summed E-state index contributed by atoms with van der Waals surface area (Å²) in [5.41, 5.74) is 0. The van der Waals surface area contributed by atoms with E-state index < -0.39 is 6.03 Å². The van der Waals surface area contributed by atoms with E-state index in [4.69, 9.17) is 0 Å². The van der Waals surface area contributed by atoms with Gasteiger partial charge in [-0.15, -0.1) is 4.36 Å². The lowest BCUT2D eigenvalue weighted by molar-refractivity contribution is -0.124. The second-order valence-electron chi connectivity index (χ2n) is 3.22. The summed E-state index contributed by atoms with van der Waals surface area (Å²) in [5.74, 6) is -0.243. The van der Waals surface area contributed by atoms with Gasteiger partial charge in [0.1, 0.15) is 0 Å². The fraction of sp³-hybridized carbons (Fsp3) is 0.750. The Kier molecular flexibility index (Phi) is 3.95. The Balaban J connectivity index is 2.37. The molecule has 0 unspecified atom stereocenters. The lowest BCUT2D eigenvalue weighted by Gasteiger charge is -2.19. The summed E-state index contributed by atoms with van der Waals surface area (Å²) in [4.78, 5) is 22.0. The highest BCUT2D eigenvalue weighted by atomic mass is 32.1. The summed E-state index contributed by atoms with van der Waals surface area (Å²) in [6.45, 7) is 0. The van der Waals surface area contributed by atoms with Crippen molar-refractivity contribution >= 4 is 24.4 Å². The van der Waals surface area contributed by atoms with Crippen LogP contribution in [0.3, 0.4) is 0 Å². The first-order chi connectivity index (χ1) is 6.24. The molecular weight excluding hydrogens is 188 g/mol. The Morgan fingerprint density at radius 3 is 2.38 bits per heavy atom. The predicted octanol–water partition coefficient (Wildman–Crippen LogP) is 1.53. The van der Waals surface area contributed by atoms with Crippen LogP contribution in [-0.2, 0) is 17.2 Å². The second-order valence-corrected chi connectivity index (χ2v) is 3.40. The van der Waals surface area contributed by atoms with Crippen LogP contribution in [0.4, 0.5) is 4.79 Å². The van der Waals surface area contributed by atoms with Gasteiger partial charge >= 0.3 is 6.03 Å². The third-order valence-corrected chi connectivity index (χ3v) is 2.45. The van der Waals surface area contributed by atoms with Crippen LogP contribution in [0.1, 0.15) is 32.1 Å². The number of imide groups is 1. The third-order valence-electron chi connectivity index (χ3n) is 2.29. The molecular formula is C8H12N2O2S. The van der Waals surface area contributed by atoms with Gasteiger partial charge in [0, 0.05) is 18.3 Å². The molecule has 1 rings (SSSR count). The number of nitrogens with zero attached hydrogens (tertiary/aromatic N) is 1. The highest BCUT2D eigenvalue weighted by molar-refractivity contribution is 7.47. The minimum absolute atomic E-state index is 0.0190. The lowest BCUT2D eigenvalue weighted by atomic mass is 9.89. The topological polar surface area (TPSA) is 58.5 Å². The summed E-state index contributed by atoms with van der Waals surface area (Å²) in [5, 5.41) is 2.15. The zero-order valence-corrected chi connectivity index (χ0v) is 8.10. The van der Waals surface area contributed by atoms with Crippen LogP contribution >= 0.6 is 0 Å². The fourth-order valence-corrected chi connectivity index (χ4v) is 1.64. The molecule has 1 aliphatic carbocycles. The molecule has 1 saturated carbocycles. The van der Waals surface area contributed by atoms with Crippen molar-refractivity contribution in [1.29, 1.82) is 0 Å². The molecule has 5 heteroatoms. The first-order valence-electron chi connectivity index (χ1n) is 4.42.